The number of hydrogen-bond acceptors (Lipinski definition) is 4. The van der Waals surface area contributed by atoms with E-state index in [1.807, 2.05) is 46.4 Å². The lowest BCUT2D eigenvalue weighted by Gasteiger charge is -2.43. The average molecular weight is 434 g/mol. The minimum Gasteiger partial charge on any atom is -0.465 e. The van der Waals surface area contributed by atoms with E-state index in [0.717, 1.165) is 5.69 Å². The molecule has 0 radical (unpaired) electrons. The molecule has 3 amide bonds. The Hall–Kier alpha value is -2.58. The highest BCUT2D eigenvalue weighted by molar-refractivity contribution is 5.86. The number of carboxylic acid groups (broad SMARTS) is 1. The third-order valence-corrected chi connectivity index (χ3v) is 6.22. The van der Waals surface area contributed by atoms with Gasteiger partial charge in [0.25, 0.3) is 0 Å². The van der Waals surface area contributed by atoms with Crippen LogP contribution in [0.3, 0.4) is 0 Å². The van der Waals surface area contributed by atoms with Gasteiger partial charge < -0.3 is 14.9 Å². The summed E-state index contributed by atoms with van der Waals surface area (Å²) >= 11 is 0. The highest BCUT2D eigenvalue weighted by atomic mass is 16.4. The summed E-state index contributed by atoms with van der Waals surface area (Å²) in [4.78, 5) is 47.4. The third kappa shape index (κ3) is 4.55. The number of likely N-dealkylation sites (tertiary alicyclic amines) is 1. The number of amides is 3. The molecule has 3 heterocycles. The summed E-state index contributed by atoms with van der Waals surface area (Å²) in [6.07, 6.45) is 2.52. The summed E-state index contributed by atoms with van der Waals surface area (Å²) in [7, 11) is 0. The number of fused-ring (bicyclic) bond motifs is 1. The van der Waals surface area contributed by atoms with Crippen molar-refractivity contribution in [2.75, 3.05) is 13.1 Å². The van der Waals surface area contributed by atoms with Crippen molar-refractivity contribution in [2.24, 2.45) is 5.92 Å². The van der Waals surface area contributed by atoms with Crippen LogP contribution in [0.4, 0.5) is 9.59 Å². The van der Waals surface area contributed by atoms with Crippen LogP contribution in [0.1, 0.15) is 65.4 Å². The van der Waals surface area contributed by atoms with Gasteiger partial charge in [0.15, 0.2) is 0 Å². The zero-order valence-corrected chi connectivity index (χ0v) is 19.5. The molecule has 2 aliphatic rings. The monoisotopic (exact) mass is 433 g/mol. The van der Waals surface area contributed by atoms with Gasteiger partial charge in [-0.15, -0.1) is 0 Å². The molecule has 1 N–H and O–H groups in total. The molecule has 31 heavy (non-hydrogen) atoms. The topological polar surface area (TPSA) is 99.0 Å². The second-order valence-corrected chi connectivity index (χ2v) is 10.1. The molecular formula is C22H35N5O4. The van der Waals surface area contributed by atoms with Gasteiger partial charge in [-0.05, 0) is 52.9 Å². The van der Waals surface area contributed by atoms with E-state index in [9.17, 15) is 19.5 Å². The molecule has 1 atom stereocenters. The maximum Gasteiger partial charge on any atom is 0.408 e. The molecule has 0 unspecified atom stereocenters. The first kappa shape index (κ1) is 23.1. The lowest BCUT2D eigenvalue weighted by atomic mass is 9.95. The molecule has 1 aromatic rings. The Morgan fingerprint density at radius 1 is 1.26 bits per heavy atom. The van der Waals surface area contributed by atoms with E-state index in [1.165, 1.54) is 4.90 Å². The molecule has 0 aromatic carbocycles. The quantitative estimate of drug-likeness (QED) is 0.769. The van der Waals surface area contributed by atoms with Gasteiger partial charge in [0.1, 0.15) is 11.9 Å². The number of aryl methyl sites for hydroxylation is 1. The van der Waals surface area contributed by atoms with E-state index in [4.69, 9.17) is 0 Å². The van der Waals surface area contributed by atoms with Gasteiger partial charge in [-0.1, -0.05) is 13.8 Å². The summed E-state index contributed by atoms with van der Waals surface area (Å²) in [5.74, 6) is 0.746. The molecule has 3 rings (SSSR count). The summed E-state index contributed by atoms with van der Waals surface area (Å²) in [5, 5.41) is 9.85. The average Bonchev–Trinajstić information content (AvgIpc) is 3.19. The van der Waals surface area contributed by atoms with Gasteiger partial charge >= 0.3 is 12.1 Å². The van der Waals surface area contributed by atoms with E-state index in [1.54, 1.807) is 15.7 Å². The van der Waals surface area contributed by atoms with Crippen molar-refractivity contribution in [3.8, 4) is 0 Å². The summed E-state index contributed by atoms with van der Waals surface area (Å²) in [6.45, 7) is 12.9. The van der Waals surface area contributed by atoms with E-state index in [0.29, 0.717) is 44.7 Å². The summed E-state index contributed by atoms with van der Waals surface area (Å²) < 4.78 is 1.66. The first-order chi connectivity index (χ1) is 14.4. The maximum absolute atomic E-state index is 13.4. The summed E-state index contributed by atoms with van der Waals surface area (Å²) in [6, 6.07) is -0.688. The number of aromatic nitrogens is 2. The second kappa shape index (κ2) is 8.51. The van der Waals surface area contributed by atoms with Crippen molar-refractivity contribution in [3.63, 3.8) is 0 Å². The molecule has 2 aliphatic heterocycles. The zero-order valence-electron chi connectivity index (χ0n) is 19.5. The Balaban J connectivity index is 1.69. The smallest absolute Gasteiger partial charge is 0.408 e. The van der Waals surface area contributed by atoms with Crippen LogP contribution in [0.15, 0.2) is 6.20 Å². The molecular weight excluding hydrogens is 398 g/mol. The highest BCUT2D eigenvalue weighted by Crippen LogP contribution is 2.28. The largest absolute Gasteiger partial charge is 0.465 e. The third-order valence-electron chi connectivity index (χ3n) is 6.22. The second-order valence-electron chi connectivity index (χ2n) is 10.1. The first-order valence-electron chi connectivity index (χ1n) is 11.1. The van der Waals surface area contributed by atoms with Crippen molar-refractivity contribution in [1.29, 1.82) is 0 Å². The van der Waals surface area contributed by atoms with Crippen LogP contribution in [-0.2, 0) is 11.3 Å². The normalized spacial score (nSPS) is 18.5. The van der Waals surface area contributed by atoms with Crippen molar-refractivity contribution in [3.05, 3.63) is 17.7 Å². The number of nitrogens with zero attached hydrogens (tertiary/aromatic N) is 5. The Morgan fingerprint density at radius 3 is 2.35 bits per heavy atom. The minimum atomic E-state index is -1.07. The van der Waals surface area contributed by atoms with Crippen LogP contribution in [0, 0.1) is 12.8 Å². The molecule has 1 fully saturated rings. The van der Waals surface area contributed by atoms with Crippen LogP contribution in [0.5, 0.6) is 0 Å². The fourth-order valence-electron chi connectivity index (χ4n) is 4.78. The van der Waals surface area contributed by atoms with Gasteiger partial charge in [-0.25, -0.2) is 14.6 Å². The number of carbonyl (C=O) groups is 3. The van der Waals surface area contributed by atoms with Gasteiger partial charge in [0, 0.05) is 24.7 Å². The number of piperidine rings is 1. The van der Waals surface area contributed by atoms with E-state index >= 15 is 0 Å². The zero-order chi connectivity index (χ0) is 23.1. The number of carbonyl (C=O) groups excluding carboxylic acids is 2. The SMILES string of the molecule is Cc1ncc2n1C(=O)N(C1CCN(C(=O)[C@@H](CC(C)C)N(C(=O)O)C(C)(C)C)CC1)C2. The maximum atomic E-state index is 13.4. The van der Waals surface area contributed by atoms with E-state index < -0.39 is 17.7 Å². The van der Waals surface area contributed by atoms with E-state index in [2.05, 4.69) is 4.98 Å². The van der Waals surface area contributed by atoms with Gasteiger partial charge in [0.2, 0.25) is 5.91 Å². The number of imidazole rings is 1. The molecule has 9 nitrogen and oxygen atoms in total. The molecule has 1 saturated heterocycles. The molecule has 0 spiro atoms. The molecule has 0 aliphatic carbocycles. The lowest BCUT2D eigenvalue weighted by Crippen LogP contribution is -2.59. The summed E-state index contributed by atoms with van der Waals surface area (Å²) in [5.41, 5.74) is 0.223. The minimum absolute atomic E-state index is 0.0442. The van der Waals surface area contributed by atoms with Crippen molar-refractivity contribution in [1.82, 2.24) is 24.3 Å². The predicted octanol–water partition coefficient (Wildman–Crippen LogP) is 3.16. The first-order valence-corrected chi connectivity index (χ1v) is 11.1. The Morgan fingerprint density at radius 2 is 1.87 bits per heavy atom. The Labute approximate surface area is 184 Å². The molecule has 9 heteroatoms. The van der Waals surface area contributed by atoms with Crippen LogP contribution >= 0.6 is 0 Å². The lowest BCUT2D eigenvalue weighted by molar-refractivity contribution is -0.140. The fraction of sp³-hybridized carbons (Fsp3) is 0.727. The van der Waals surface area contributed by atoms with Crippen LogP contribution < -0.4 is 0 Å². The molecule has 1 aromatic heterocycles. The number of hydrogen-bond donors (Lipinski definition) is 1. The molecule has 0 bridgehead atoms. The highest BCUT2D eigenvalue weighted by Gasteiger charge is 2.41. The Bertz CT molecular complexity index is 849. The van der Waals surface area contributed by atoms with Crippen LogP contribution in [-0.4, -0.2) is 78.1 Å². The fourth-order valence-corrected chi connectivity index (χ4v) is 4.78. The van der Waals surface area contributed by atoms with Crippen LogP contribution in [0.25, 0.3) is 0 Å². The van der Waals surface area contributed by atoms with Crippen LogP contribution in [0.2, 0.25) is 0 Å². The predicted molar refractivity (Wildman–Crippen MR) is 116 cm³/mol. The van der Waals surface area contributed by atoms with E-state index in [-0.39, 0.29) is 23.9 Å². The van der Waals surface area contributed by atoms with Gasteiger partial charge in [-0.2, -0.15) is 0 Å². The number of rotatable bonds is 5. The molecule has 0 saturated carbocycles. The van der Waals surface area contributed by atoms with Crippen molar-refractivity contribution in [2.45, 2.75) is 85.0 Å². The Kier molecular flexibility index (Phi) is 6.34. The van der Waals surface area contributed by atoms with Gasteiger partial charge in [-0.3, -0.25) is 14.3 Å². The van der Waals surface area contributed by atoms with Gasteiger partial charge in [0.05, 0.1) is 18.4 Å². The standard InChI is InChI=1S/C22H35N5O4/c1-14(2)11-18(27(21(30)31)22(4,5)6)19(28)24-9-7-16(8-10-24)25-13-17-12-23-15(3)26(17)20(25)29/h12,14,16,18H,7-11,13H2,1-6H3,(H,30,31)/t18-/m1/s1. The molecule has 172 valence electrons. The van der Waals surface area contributed by atoms with Crippen molar-refractivity contribution >= 4 is 18.0 Å². The van der Waals surface area contributed by atoms with Crippen molar-refractivity contribution < 1.29 is 19.5 Å².